The molecule has 1 rings (SSSR count). The third kappa shape index (κ3) is 2.52. The molecule has 0 unspecified atom stereocenters. The van der Waals surface area contributed by atoms with Gasteiger partial charge >= 0.3 is 0 Å². The zero-order valence-electron chi connectivity index (χ0n) is 9.53. The molecule has 0 fully saturated rings. The van der Waals surface area contributed by atoms with Gasteiger partial charge in [0.25, 0.3) is 0 Å². The summed E-state index contributed by atoms with van der Waals surface area (Å²) in [6, 6.07) is 0. The van der Waals surface area contributed by atoms with Crippen molar-refractivity contribution in [2.75, 3.05) is 13.7 Å². The van der Waals surface area contributed by atoms with Crippen molar-refractivity contribution in [3.63, 3.8) is 0 Å². The second-order valence-corrected chi connectivity index (χ2v) is 3.30. The van der Waals surface area contributed by atoms with Crippen molar-refractivity contribution >= 4 is 11.7 Å². The highest BCUT2D eigenvalue weighted by Crippen LogP contribution is 2.18. The monoisotopic (exact) mass is 222 g/mol. The molecule has 0 aliphatic carbocycles. The Labute approximate surface area is 94.1 Å². The predicted molar refractivity (Wildman–Crippen MR) is 58.6 cm³/mol. The van der Waals surface area contributed by atoms with Gasteiger partial charge < -0.3 is 15.0 Å². The second kappa shape index (κ2) is 5.19. The van der Waals surface area contributed by atoms with Crippen LogP contribution in [0.25, 0.3) is 0 Å². The number of nitrogens with zero attached hydrogens (tertiary/aromatic N) is 1. The van der Waals surface area contributed by atoms with E-state index in [2.05, 4.69) is 5.32 Å². The van der Waals surface area contributed by atoms with Gasteiger partial charge in [-0.3, -0.25) is 4.79 Å². The molecule has 0 amide bonds. The molecule has 5 heteroatoms. The summed E-state index contributed by atoms with van der Waals surface area (Å²) in [5, 5.41) is 2.90. The molecule has 1 aliphatic rings. The maximum absolute atomic E-state index is 11.8. The summed E-state index contributed by atoms with van der Waals surface area (Å²) in [7, 11) is 1.64. The van der Waals surface area contributed by atoms with Crippen molar-refractivity contribution in [3.05, 3.63) is 29.6 Å². The van der Waals surface area contributed by atoms with Crippen molar-refractivity contribution < 1.29 is 14.3 Å². The fourth-order valence-corrected chi connectivity index (χ4v) is 1.34. The van der Waals surface area contributed by atoms with Gasteiger partial charge in [-0.15, -0.1) is 0 Å². The van der Waals surface area contributed by atoms with Gasteiger partial charge in [-0.2, -0.15) is 0 Å². The first-order valence-corrected chi connectivity index (χ1v) is 4.90. The number of allylic oxidation sites excluding steroid dienone is 1. The van der Waals surface area contributed by atoms with E-state index in [0.717, 1.165) is 0 Å². The molecule has 1 aliphatic heterocycles. The molecule has 0 saturated carbocycles. The number of hydrogen-bond acceptors (Lipinski definition) is 5. The Bertz CT molecular complexity index is 403. The summed E-state index contributed by atoms with van der Waals surface area (Å²) in [5.41, 5.74) is 1.07. The highest BCUT2D eigenvalue weighted by Gasteiger charge is 2.27. The van der Waals surface area contributed by atoms with Crippen molar-refractivity contribution in [1.82, 2.24) is 10.2 Å². The van der Waals surface area contributed by atoms with E-state index in [-0.39, 0.29) is 5.78 Å². The topological polar surface area (TPSA) is 58.6 Å². The second-order valence-electron chi connectivity index (χ2n) is 3.30. The van der Waals surface area contributed by atoms with E-state index in [1.165, 1.54) is 17.3 Å². The minimum Gasteiger partial charge on any atom is -0.488 e. The summed E-state index contributed by atoms with van der Waals surface area (Å²) in [6.45, 7) is 4.02. The Morgan fingerprint density at radius 1 is 1.56 bits per heavy atom. The number of carbonyl (C=O) groups is 1. The first-order valence-electron chi connectivity index (χ1n) is 4.90. The number of ether oxygens (including phenoxy) is 1. The highest BCUT2D eigenvalue weighted by atomic mass is 16.5. The van der Waals surface area contributed by atoms with Crippen molar-refractivity contribution in [2.24, 2.45) is 0 Å². The lowest BCUT2D eigenvalue weighted by molar-refractivity contribution is -0.115. The van der Waals surface area contributed by atoms with E-state index in [4.69, 9.17) is 4.74 Å². The largest absolute Gasteiger partial charge is 0.488 e. The summed E-state index contributed by atoms with van der Waals surface area (Å²) >= 11 is 0. The van der Waals surface area contributed by atoms with Crippen LogP contribution in [0.15, 0.2) is 29.6 Å². The van der Waals surface area contributed by atoms with E-state index < -0.39 is 0 Å². The molecule has 0 aromatic rings. The molecule has 0 bridgehead atoms. The molecule has 0 radical (unpaired) electrons. The predicted octanol–water partition coefficient (Wildman–Crippen LogP) is 0.545. The van der Waals surface area contributed by atoms with Crippen LogP contribution < -0.4 is 5.32 Å². The number of carbonyl (C=O) groups excluding carboxylic acids is 2. The van der Waals surface area contributed by atoms with Gasteiger partial charge in [-0.05, 0) is 13.8 Å². The van der Waals surface area contributed by atoms with Crippen LogP contribution in [0.3, 0.4) is 0 Å². The molecule has 0 spiro atoms. The van der Waals surface area contributed by atoms with Gasteiger partial charge in [0.15, 0.2) is 5.76 Å². The summed E-state index contributed by atoms with van der Waals surface area (Å²) in [4.78, 5) is 23.4. The SMILES string of the molecule is CCOC1=C(C)NC(=CN(C)C=C=O)C1=O. The fraction of sp³-hybridized carbons (Fsp3) is 0.364. The zero-order chi connectivity index (χ0) is 12.1. The highest BCUT2D eigenvalue weighted by molar-refractivity contribution is 6.09. The molecule has 16 heavy (non-hydrogen) atoms. The number of hydrogen-bond donors (Lipinski definition) is 1. The number of Topliss-reactive ketones (excluding diaryl/α,β-unsaturated/α-hetero) is 1. The molecule has 1 heterocycles. The summed E-state index contributed by atoms with van der Waals surface area (Å²) in [6.07, 6.45) is 2.71. The van der Waals surface area contributed by atoms with Crippen LogP contribution in [-0.2, 0) is 14.3 Å². The zero-order valence-corrected chi connectivity index (χ0v) is 9.53. The van der Waals surface area contributed by atoms with Gasteiger partial charge in [0.2, 0.25) is 5.78 Å². The van der Waals surface area contributed by atoms with E-state index in [0.29, 0.717) is 23.8 Å². The van der Waals surface area contributed by atoms with Crippen molar-refractivity contribution in [1.29, 1.82) is 0 Å². The molecule has 1 N–H and O–H groups in total. The lowest BCUT2D eigenvalue weighted by Crippen LogP contribution is -2.14. The van der Waals surface area contributed by atoms with Crippen LogP contribution in [0, 0.1) is 0 Å². The Balaban J connectivity index is 2.85. The molecule has 5 nitrogen and oxygen atoms in total. The lowest BCUT2D eigenvalue weighted by Gasteiger charge is -2.06. The van der Waals surface area contributed by atoms with Crippen LogP contribution in [0.5, 0.6) is 0 Å². The molecular weight excluding hydrogens is 208 g/mol. The van der Waals surface area contributed by atoms with E-state index >= 15 is 0 Å². The minimum atomic E-state index is -0.203. The first kappa shape index (κ1) is 12.1. The average Bonchev–Trinajstić information content (AvgIpc) is 2.47. The van der Waals surface area contributed by atoms with Gasteiger partial charge in [-0.1, -0.05) is 0 Å². The quantitative estimate of drug-likeness (QED) is 0.556. The Hall–Kier alpha value is -2.00. The first-order chi connectivity index (χ1) is 7.60. The third-order valence-electron chi connectivity index (χ3n) is 1.99. The maximum atomic E-state index is 11.8. The maximum Gasteiger partial charge on any atom is 0.246 e. The van der Waals surface area contributed by atoms with Gasteiger partial charge in [0.1, 0.15) is 11.6 Å². The Kier molecular flexibility index (Phi) is 3.91. The van der Waals surface area contributed by atoms with E-state index in [1.807, 2.05) is 6.92 Å². The van der Waals surface area contributed by atoms with Crippen LogP contribution in [0.4, 0.5) is 0 Å². The van der Waals surface area contributed by atoms with Crippen molar-refractivity contribution in [2.45, 2.75) is 13.8 Å². The molecule has 0 atom stereocenters. The fourth-order valence-electron chi connectivity index (χ4n) is 1.34. The smallest absolute Gasteiger partial charge is 0.246 e. The third-order valence-corrected chi connectivity index (χ3v) is 1.99. The number of nitrogens with one attached hydrogen (secondary N) is 1. The average molecular weight is 222 g/mol. The van der Waals surface area contributed by atoms with Crippen LogP contribution in [0.2, 0.25) is 0 Å². The van der Waals surface area contributed by atoms with Crippen molar-refractivity contribution in [3.8, 4) is 0 Å². The van der Waals surface area contributed by atoms with E-state index in [9.17, 15) is 9.59 Å². The van der Waals surface area contributed by atoms with Crippen LogP contribution in [-0.4, -0.2) is 30.3 Å². The van der Waals surface area contributed by atoms with Crippen LogP contribution in [0.1, 0.15) is 13.8 Å². The summed E-state index contributed by atoms with van der Waals surface area (Å²) < 4.78 is 5.22. The minimum absolute atomic E-state index is 0.203. The normalized spacial score (nSPS) is 17.2. The van der Waals surface area contributed by atoms with Gasteiger partial charge in [0, 0.05) is 13.2 Å². The van der Waals surface area contributed by atoms with Crippen LogP contribution >= 0.6 is 0 Å². The Morgan fingerprint density at radius 2 is 2.25 bits per heavy atom. The van der Waals surface area contributed by atoms with Gasteiger partial charge in [-0.25, -0.2) is 4.79 Å². The molecular formula is C11H14N2O3. The number of rotatable bonds is 4. The van der Waals surface area contributed by atoms with E-state index in [1.54, 1.807) is 19.9 Å². The molecule has 86 valence electrons. The molecule has 0 saturated heterocycles. The molecule has 0 aromatic carbocycles. The standard InChI is InChI=1S/C11H14N2O3/c1-4-16-11-8(2)12-9(10(11)15)7-13(3)5-6-14/h5,7,12H,4H2,1-3H3. The number of ketones is 1. The summed E-state index contributed by atoms with van der Waals surface area (Å²) in [5.74, 6) is 1.75. The Morgan fingerprint density at radius 3 is 2.81 bits per heavy atom. The van der Waals surface area contributed by atoms with Gasteiger partial charge in [0.05, 0.1) is 18.5 Å². The molecule has 0 aromatic heterocycles. The lowest BCUT2D eigenvalue weighted by atomic mass is 10.3.